The summed E-state index contributed by atoms with van der Waals surface area (Å²) in [5.74, 6) is 0. The molecule has 0 spiro atoms. The van der Waals surface area contributed by atoms with Crippen molar-refractivity contribution < 1.29 is 4.74 Å². The third-order valence-corrected chi connectivity index (χ3v) is 3.67. The fraction of sp³-hybridized carbons (Fsp3) is 0.857. The summed E-state index contributed by atoms with van der Waals surface area (Å²) in [5.41, 5.74) is 0. The lowest BCUT2D eigenvalue weighted by Gasteiger charge is -2.03. The van der Waals surface area contributed by atoms with Crippen LogP contribution in [0.4, 0.5) is 0 Å². The largest absolute Gasteiger partial charge is 0.469 e. The van der Waals surface area contributed by atoms with Crippen molar-refractivity contribution in [2.45, 2.75) is 71.9 Å². The van der Waals surface area contributed by atoms with Gasteiger partial charge in [-0.3, -0.25) is 0 Å². The molecule has 0 radical (unpaired) electrons. The summed E-state index contributed by atoms with van der Waals surface area (Å²) in [6, 6.07) is 0.469. The van der Waals surface area contributed by atoms with Crippen LogP contribution in [0.5, 0.6) is 5.19 Å². The lowest BCUT2D eigenvalue weighted by atomic mass is 10.1. The van der Waals surface area contributed by atoms with E-state index >= 15 is 0 Å². The highest BCUT2D eigenvalue weighted by atomic mass is 32.1. The highest BCUT2D eigenvalue weighted by molar-refractivity contribution is 7.13. The monoisotopic (exact) mass is 285 g/mol. The van der Waals surface area contributed by atoms with Crippen molar-refractivity contribution >= 4 is 11.3 Å². The van der Waals surface area contributed by atoms with E-state index in [1.165, 1.54) is 43.4 Å². The van der Waals surface area contributed by atoms with E-state index in [-0.39, 0.29) is 0 Å². The number of unbranched alkanes of at least 4 members (excludes halogenated alkanes) is 5. The highest BCUT2D eigenvalue weighted by Gasteiger charge is 2.05. The Bertz CT molecular complexity index is 328. The molecule has 5 heteroatoms. The van der Waals surface area contributed by atoms with Gasteiger partial charge in [0.15, 0.2) is 0 Å². The first-order valence-electron chi connectivity index (χ1n) is 7.41. The SMILES string of the molecule is CCCCCCCCOc1nnc(CNC(C)C)s1. The zero-order valence-corrected chi connectivity index (χ0v) is 13.3. The first-order valence-corrected chi connectivity index (χ1v) is 8.22. The molecule has 0 aliphatic heterocycles. The van der Waals surface area contributed by atoms with Gasteiger partial charge in [0.1, 0.15) is 5.01 Å². The van der Waals surface area contributed by atoms with Gasteiger partial charge in [-0.2, -0.15) is 0 Å². The van der Waals surface area contributed by atoms with Crippen LogP contribution < -0.4 is 10.1 Å². The molecule has 1 N–H and O–H groups in total. The molecule has 0 saturated carbocycles. The number of nitrogens with one attached hydrogen (secondary N) is 1. The van der Waals surface area contributed by atoms with Crippen LogP contribution in [0.3, 0.4) is 0 Å². The number of ether oxygens (including phenoxy) is 1. The Hall–Kier alpha value is -0.680. The van der Waals surface area contributed by atoms with Crippen LogP contribution in [0.15, 0.2) is 0 Å². The maximum atomic E-state index is 5.62. The van der Waals surface area contributed by atoms with E-state index in [0.717, 1.165) is 24.6 Å². The predicted molar refractivity (Wildman–Crippen MR) is 80.8 cm³/mol. The average Bonchev–Trinajstić information content (AvgIpc) is 2.83. The maximum absolute atomic E-state index is 5.62. The van der Waals surface area contributed by atoms with E-state index in [0.29, 0.717) is 11.2 Å². The highest BCUT2D eigenvalue weighted by Crippen LogP contribution is 2.18. The second-order valence-electron chi connectivity index (χ2n) is 5.11. The summed E-state index contributed by atoms with van der Waals surface area (Å²) >= 11 is 1.54. The second-order valence-corrected chi connectivity index (χ2v) is 6.14. The Morgan fingerprint density at radius 1 is 1.11 bits per heavy atom. The number of aromatic nitrogens is 2. The van der Waals surface area contributed by atoms with Gasteiger partial charge < -0.3 is 10.1 Å². The minimum absolute atomic E-state index is 0.469. The zero-order valence-electron chi connectivity index (χ0n) is 12.4. The quantitative estimate of drug-likeness (QED) is 0.629. The van der Waals surface area contributed by atoms with Crippen molar-refractivity contribution in [2.75, 3.05) is 6.61 Å². The molecular formula is C14H27N3OS. The third kappa shape index (κ3) is 8.16. The standard InChI is InChI=1S/C14H27N3OS/c1-4-5-6-7-8-9-10-18-14-17-16-13(19-14)11-15-12(2)3/h12,15H,4-11H2,1-3H3. The molecule has 1 aromatic rings. The van der Waals surface area contributed by atoms with Gasteiger partial charge in [0, 0.05) is 6.04 Å². The number of rotatable bonds is 11. The summed E-state index contributed by atoms with van der Waals surface area (Å²) < 4.78 is 5.62. The predicted octanol–water partition coefficient (Wildman–Crippen LogP) is 3.78. The van der Waals surface area contributed by atoms with Crippen molar-refractivity contribution in [2.24, 2.45) is 0 Å². The van der Waals surface area contributed by atoms with Crippen LogP contribution in [0.2, 0.25) is 0 Å². The molecule has 0 aliphatic rings. The van der Waals surface area contributed by atoms with Crippen molar-refractivity contribution in [1.29, 1.82) is 0 Å². The molecule has 0 saturated heterocycles. The lowest BCUT2D eigenvalue weighted by molar-refractivity contribution is 0.300. The summed E-state index contributed by atoms with van der Waals surface area (Å²) in [5, 5.41) is 13.2. The molecule has 0 aliphatic carbocycles. The van der Waals surface area contributed by atoms with Crippen LogP contribution in [-0.4, -0.2) is 22.8 Å². The Balaban J connectivity index is 2.06. The molecule has 1 rings (SSSR count). The van der Waals surface area contributed by atoms with Crippen molar-refractivity contribution in [1.82, 2.24) is 15.5 Å². The van der Waals surface area contributed by atoms with Crippen LogP contribution >= 0.6 is 11.3 Å². The molecular weight excluding hydrogens is 258 g/mol. The fourth-order valence-electron chi connectivity index (χ4n) is 1.70. The summed E-state index contributed by atoms with van der Waals surface area (Å²) in [7, 11) is 0. The van der Waals surface area contributed by atoms with Gasteiger partial charge in [-0.25, -0.2) is 0 Å². The maximum Gasteiger partial charge on any atom is 0.294 e. The Morgan fingerprint density at radius 2 is 1.84 bits per heavy atom. The van der Waals surface area contributed by atoms with Gasteiger partial charge in [-0.05, 0) is 6.42 Å². The van der Waals surface area contributed by atoms with Crippen LogP contribution in [0, 0.1) is 0 Å². The summed E-state index contributed by atoms with van der Waals surface area (Å²) in [4.78, 5) is 0. The molecule has 19 heavy (non-hydrogen) atoms. The second kappa shape index (κ2) is 10.1. The molecule has 0 atom stereocenters. The van der Waals surface area contributed by atoms with Crippen LogP contribution in [-0.2, 0) is 6.54 Å². The normalized spacial score (nSPS) is 11.2. The third-order valence-electron chi connectivity index (χ3n) is 2.83. The molecule has 0 amide bonds. The molecule has 0 aromatic carbocycles. The van der Waals surface area contributed by atoms with E-state index in [9.17, 15) is 0 Å². The average molecular weight is 285 g/mol. The summed E-state index contributed by atoms with van der Waals surface area (Å²) in [6.45, 7) is 8.02. The Morgan fingerprint density at radius 3 is 2.58 bits per heavy atom. The van der Waals surface area contributed by atoms with E-state index in [1.807, 2.05) is 0 Å². The van der Waals surface area contributed by atoms with Crippen molar-refractivity contribution in [3.63, 3.8) is 0 Å². The molecule has 4 nitrogen and oxygen atoms in total. The molecule has 1 heterocycles. The number of hydrogen-bond acceptors (Lipinski definition) is 5. The van der Waals surface area contributed by atoms with E-state index in [4.69, 9.17) is 4.74 Å². The number of nitrogens with zero attached hydrogens (tertiary/aromatic N) is 2. The van der Waals surface area contributed by atoms with Crippen molar-refractivity contribution in [3.05, 3.63) is 5.01 Å². The van der Waals surface area contributed by atoms with Crippen LogP contribution in [0.1, 0.15) is 64.3 Å². The molecule has 0 unspecified atom stereocenters. The van der Waals surface area contributed by atoms with Gasteiger partial charge in [0.25, 0.3) is 5.19 Å². The Labute approximate surface area is 121 Å². The smallest absolute Gasteiger partial charge is 0.294 e. The lowest BCUT2D eigenvalue weighted by Crippen LogP contribution is -2.21. The van der Waals surface area contributed by atoms with Gasteiger partial charge in [0.05, 0.1) is 13.2 Å². The topological polar surface area (TPSA) is 47.0 Å². The molecule has 110 valence electrons. The molecule has 1 aromatic heterocycles. The van der Waals surface area contributed by atoms with E-state index < -0.39 is 0 Å². The molecule has 0 fully saturated rings. The minimum atomic E-state index is 0.469. The first-order chi connectivity index (χ1) is 9.22. The first kappa shape index (κ1) is 16.4. The van der Waals surface area contributed by atoms with Gasteiger partial charge in [-0.1, -0.05) is 64.2 Å². The zero-order chi connectivity index (χ0) is 13.9. The fourth-order valence-corrected chi connectivity index (χ4v) is 2.36. The van der Waals surface area contributed by atoms with Gasteiger partial charge >= 0.3 is 0 Å². The minimum Gasteiger partial charge on any atom is -0.469 e. The molecule has 0 bridgehead atoms. The number of hydrogen-bond donors (Lipinski definition) is 1. The Kier molecular flexibility index (Phi) is 8.75. The van der Waals surface area contributed by atoms with Gasteiger partial charge in [0.2, 0.25) is 0 Å². The van der Waals surface area contributed by atoms with E-state index in [2.05, 4.69) is 36.3 Å². The van der Waals surface area contributed by atoms with Crippen molar-refractivity contribution in [3.8, 4) is 5.19 Å². The van der Waals surface area contributed by atoms with E-state index in [1.54, 1.807) is 0 Å². The van der Waals surface area contributed by atoms with Gasteiger partial charge in [-0.15, -0.1) is 10.2 Å². The summed E-state index contributed by atoms with van der Waals surface area (Å²) in [6.07, 6.45) is 7.68. The van der Waals surface area contributed by atoms with Crippen LogP contribution in [0.25, 0.3) is 0 Å².